The van der Waals surface area contributed by atoms with Gasteiger partial charge < -0.3 is 4.74 Å². The number of carbonyl (C=O) groups excluding carboxylic acids is 2. The van der Waals surface area contributed by atoms with Crippen LogP contribution in [0.1, 0.15) is 0 Å². The number of esters is 1. The number of hydrogen-bond acceptors (Lipinski definition) is 4. The molecule has 0 aromatic carbocycles. The molecule has 0 aliphatic heterocycles. The summed E-state index contributed by atoms with van der Waals surface area (Å²) in [6.07, 6.45) is -12.1. The molecule has 0 bridgehead atoms. The van der Waals surface area contributed by atoms with Crippen LogP contribution in [0.25, 0.3) is 0 Å². The first-order valence-electron chi connectivity index (χ1n) is 2.62. The van der Waals surface area contributed by atoms with Crippen molar-refractivity contribution in [3.8, 4) is 0 Å². The molecule has 0 N–H and O–H groups in total. The van der Waals surface area contributed by atoms with Crippen LogP contribution in [0, 0.1) is 0 Å². The van der Waals surface area contributed by atoms with Gasteiger partial charge in [-0.2, -0.15) is 22.0 Å². The van der Waals surface area contributed by atoms with Gasteiger partial charge in [0.15, 0.2) is 0 Å². The largest absolute Gasteiger partial charge is 0.501 e. The second-order valence-corrected chi connectivity index (χ2v) is 1.77. The van der Waals surface area contributed by atoms with Gasteiger partial charge in [-0.05, 0) is 0 Å². The predicted molar refractivity (Wildman–Crippen MR) is 24.3 cm³/mol. The minimum Gasteiger partial charge on any atom is -0.385 e. The van der Waals surface area contributed by atoms with Crippen LogP contribution in [0.4, 0.5) is 26.5 Å². The normalized spacial score (nSPS) is 12.1. The van der Waals surface area contributed by atoms with E-state index in [1.54, 1.807) is 0 Å². The van der Waals surface area contributed by atoms with E-state index in [1.165, 1.54) is 0 Å². The Labute approximate surface area is 71.3 Å². The highest BCUT2D eigenvalue weighted by Crippen LogP contribution is 2.36. The Bertz CT molecular complexity index is 245. The van der Waals surface area contributed by atoms with E-state index in [-0.39, 0.29) is 0 Å². The second kappa shape index (κ2) is 3.72. The van der Waals surface area contributed by atoms with Crippen molar-refractivity contribution >= 4 is 11.9 Å². The van der Waals surface area contributed by atoms with Crippen molar-refractivity contribution in [1.29, 1.82) is 0 Å². The molecule has 0 rings (SSSR count). The summed E-state index contributed by atoms with van der Waals surface area (Å²) >= 11 is 0. The minimum atomic E-state index is -6.20. The minimum absolute atomic E-state index is 2.06. The fourth-order valence-corrected chi connectivity index (χ4v) is 0.247. The molecular weight excluding hydrogens is 226 g/mol. The van der Waals surface area contributed by atoms with E-state index in [0.717, 1.165) is 0 Å². The molecule has 0 amide bonds. The molecule has 0 aromatic heterocycles. The molecule has 0 fully saturated rings. The van der Waals surface area contributed by atoms with Gasteiger partial charge in [0.05, 0.1) is 0 Å². The molecule has 0 saturated heterocycles. The molecule has 0 unspecified atom stereocenters. The van der Waals surface area contributed by atoms with E-state index in [2.05, 4.69) is 9.68 Å². The summed E-state index contributed by atoms with van der Waals surface area (Å²) < 4.78 is 70.6. The van der Waals surface area contributed by atoms with Crippen molar-refractivity contribution in [3.05, 3.63) is 0 Å². The average molecular weight is 226 g/mol. The first-order valence-corrected chi connectivity index (χ1v) is 2.62. The van der Waals surface area contributed by atoms with Crippen molar-refractivity contribution < 1.29 is 45.7 Å². The Morgan fingerprint density at radius 1 is 0.929 bits per heavy atom. The summed E-state index contributed by atoms with van der Waals surface area (Å²) in [5, 5.41) is 0. The van der Waals surface area contributed by atoms with Gasteiger partial charge in [-0.3, -0.25) is 0 Å². The third kappa shape index (κ3) is 2.78. The fraction of sp³-hybridized carbons (Fsp3) is 0.500. The van der Waals surface area contributed by atoms with Crippen LogP contribution in [0.5, 0.6) is 0 Å². The molecule has 0 aromatic rings. The van der Waals surface area contributed by atoms with Crippen LogP contribution >= 0.6 is 0 Å². The molecular formula is C4F6O4. The first-order chi connectivity index (χ1) is 6.12. The Morgan fingerprint density at radius 3 is 1.64 bits per heavy atom. The van der Waals surface area contributed by atoms with Crippen molar-refractivity contribution in [1.82, 2.24) is 0 Å². The van der Waals surface area contributed by atoms with Gasteiger partial charge in [-0.1, -0.05) is 0 Å². The summed E-state index contributed by atoms with van der Waals surface area (Å²) in [6, 6.07) is 0. The molecule has 0 atom stereocenters. The maximum Gasteiger partial charge on any atom is 0.501 e. The Morgan fingerprint density at radius 2 is 1.36 bits per heavy atom. The summed E-state index contributed by atoms with van der Waals surface area (Å²) in [6.45, 7) is 0. The van der Waals surface area contributed by atoms with Crippen LogP contribution in [-0.4, -0.2) is 24.2 Å². The summed E-state index contributed by atoms with van der Waals surface area (Å²) in [5.74, 6) is -5.41. The third-order valence-corrected chi connectivity index (χ3v) is 0.788. The summed E-state index contributed by atoms with van der Waals surface area (Å²) in [7, 11) is 0. The molecule has 0 heterocycles. The molecule has 10 heteroatoms. The van der Waals surface area contributed by atoms with Gasteiger partial charge >= 0.3 is 24.2 Å². The topological polar surface area (TPSA) is 52.6 Å². The van der Waals surface area contributed by atoms with Crippen LogP contribution in [-0.2, 0) is 19.3 Å². The highest BCUT2D eigenvalue weighted by Gasteiger charge is 2.62. The SMILES string of the molecule is O=C(OF)C(=O)OC(F)(F)C(F)(F)F. The molecule has 0 aliphatic rings. The molecule has 0 radical (unpaired) electrons. The van der Waals surface area contributed by atoms with E-state index >= 15 is 0 Å². The maximum atomic E-state index is 11.8. The van der Waals surface area contributed by atoms with Gasteiger partial charge in [0.1, 0.15) is 0 Å². The van der Waals surface area contributed by atoms with E-state index in [9.17, 15) is 36.1 Å². The molecule has 0 spiro atoms. The lowest BCUT2D eigenvalue weighted by molar-refractivity contribution is -0.375. The number of rotatable bonds is 1. The Balaban J connectivity index is 4.53. The van der Waals surface area contributed by atoms with Crippen molar-refractivity contribution in [2.75, 3.05) is 0 Å². The van der Waals surface area contributed by atoms with Crippen LogP contribution in [0.15, 0.2) is 0 Å². The molecule has 0 saturated carbocycles. The quantitative estimate of drug-likeness (QED) is 0.381. The lowest BCUT2D eigenvalue weighted by Crippen LogP contribution is -2.42. The molecule has 14 heavy (non-hydrogen) atoms. The molecule has 82 valence electrons. The predicted octanol–water partition coefficient (Wildman–Crippen LogP) is 1.11. The monoisotopic (exact) mass is 226 g/mol. The van der Waals surface area contributed by atoms with Gasteiger partial charge in [-0.15, -0.1) is 0 Å². The lowest BCUT2D eigenvalue weighted by Gasteiger charge is -2.17. The van der Waals surface area contributed by atoms with Crippen LogP contribution in [0.2, 0.25) is 0 Å². The molecule has 0 aliphatic carbocycles. The van der Waals surface area contributed by atoms with Crippen LogP contribution in [0.3, 0.4) is 0 Å². The van der Waals surface area contributed by atoms with E-state index in [1.807, 2.05) is 0 Å². The number of ether oxygens (including phenoxy) is 1. The standard InChI is InChI=1S/C4F6O4/c5-3(6,7)4(8,9)13-1(11)2(12)14-10. The van der Waals surface area contributed by atoms with Gasteiger partial charge in [0.2, 0.25) is 0 Å². The second-order valence-electron chi connectivity index (χ2n) is 1.77. The zero-order valence-corrected chi connectivity index (χ0v) is 5.90. The fourth-order valence-electron chi connectivity index (χ4n) is 0.247. The van der Waals surface area contributed by atoms with E-state index in [4.69, 9.17) is 0 Å². The van der Waals surface area contributed by atoms with Gasteiger partial charge in [-0.25, -0.2) is 14.5 Å². The molecule has 4 nitrogen and oxygen atoms in total. The Hall–Kier alpha value is -1.48. The first kappa shape index (κ1) is 12.5. The highest BCUT2D eigenvalue weighted by atomic mass is 19.4. The average Bonchev–Trinajstić information content (AvgIpc) is 2.00. The summed E-state index contributed by atoms with van der Waals surface area (Å²) in [5.41, 5.74) is 0. The number of alkyl halides is 5. The van der Waals surface area contributed by atoms with Crippen molar-refractivity contribution in [2.45, 2.75) is 12.3 Å². The zero-order valence-electron chi connectivity index (χ0n) is 5.90. The van der Waals surface area contributed by atoms with Crippen LogP contribution < -0.4 is 0 Å². The van der Waals surface area contributed by atoms with E-state index in [0.29, 0.717) is 0 Å². The lowest BCUT2D eigenvalue weighted by atomic mass is 10.6. The highest BCUT2D eigenvalue weighted by molar-refractivity contribution is 6.29. The van der Waals surface area contributed by atoms with Crippen molar-refractivity contribution in [2.24, 2.45) is 0 Å². The number of hydrogen-bond donors (Lipinski definition) is 0. The van der Waals surface area contributed by atoms with E-state index < -0.39 is 24.2 Å². The van der Waals surface area contributed by atoms with Gasteiger partial charge in [0, 0.05) is 4.53 Å². The summed E-state index contributed by atoms with van der Waals surface area (Å²) in [4.78, 5) is 21.7. The number of carbonyl (C=O) groups is 2. The van der Waals surface area contributed by atoms with Crippen molar-refractivity contribution in [3.63, 3.8) is 0 Å². The zero-order chi connectivity index (χ0) is 11.6. The Kier molecular flexibility index (Phi) is 3.32. The maximum absolute atomic E-state index is 11.8. The number of halogens is 6. The smallest absolute Gasteiger partial charge is 0.385 e. The van der Waals surface area contributed by atoms with Gasteiger partial charge in [0.25, 0.3) is 0 Å². The third-order valence-electron chi connectivity index (χ3n) is 0.788.